The van der Waals surface area contributed by atoms with E-state index in [2.05, 4.69) is 40.5 Å². The van der Waals surface area contributed by atoms with Crippen molar-refractivity contribution in [2.75, 3.05) is 26.7 Å². The van der Waals surface area contributed by atoms with Gasteiger partial charge in [-0.3, -0.25) is 4.98 Å². The van der Waals surface area contributed by atoms with Gasteiger partial charge in [0, 0.05) is 44.6 Å². The first-order valence-corrected chi connectivity index (χ1v) is 9.00. The van der Waals surface area contributed by atoms with Crippen LogP contribution in [0.25, 0.3) is 0 Å². The molecule has 1 N–H and O–H groups in total. The number of rotatable bonds is 5. The van der Waals surface area contributed by atoms with E-state index < -0.39 is 0 Å². The van der Waals surface area contributed by atoms with Crippen molar-refractivity contribution >= 4 is 6.03 Å². The zero-order chi connectivity index (χ0) is 16.8. The molecule has 1 aliphatic heterocycles. The highest BCUT2D eigenvalue weighted by Crippen LogP contribution is 2.19. The number of likely N-dealkylation sites (tertiary alicyclic amines) is 1. The fourth-order valence-electron chi connectivity index (χ4n) is 3.66. The molecule has 24 heavy (non-hydrogen) atoms. The van der Waals surface area contributed by atoms with E-state index in [1.165, 1.54) is 12.0 Å². The molecule has 2 aliphatic rings. The van der Waals surface area contributed by atoms with Gasteiger partial charge in [-0.25, -0.2) is 4.79 Å². The van der Waals surface area contributed by atoms with Crippen molar-refractivity contribution in [2.24, 2.45) is 5.92 Å². The maximum Gasteiger partial charge on any atom is 0.317 e. The topological polar surface area (TPSA) is 48.5 Å². The maximum absolute atomic E-state index is 12.4. The Balaban J connectivity index is 1.42. The fourth-order valence-corrected chi connectivity index (χ4v) is 3.66. The molecule has 0 spiro atoms. The predicted molar refractivity (Wildman–Crippen MR) is 95.6 cm³/mol. The molecule has 0 saturated carbocycles. The zero-order valence-electron chi connectivity index (χ0n) is 14.5. The molecule has 5 nitrogen and oxygen atoms in total. The Morgan fingerprint density at radius 1 is 1.46 bits per heavy atom. The second kappa shape index (κ2) is 8.29. The maximum atomic E-state index is 12.4. The van der Waals surface area contributed by atoms with Crippen LogP contribution in [0.3, 0.4) is 0 Å². The lowest BCUT2D eigenvalue weighted by atomic mass is 10.0. The van der Waals surface area contributed by atoms with E-state index in [9.17, 15) is 4.79 Å². The van der Waals surface area contributed by atoms with Crippen molar-refractivity contribution in [1.29, 1.82) is 0 Å². The van der Waals surface area contributed by atoms with Gasteiger partial charge in [-0.15, -0.1) is 0 Å². The van der Waals surface area contributed by atoms with Crippen LogP contribution in [0.2, 0.25) is 0 Å². The fraction of sp³-hybridized carbons (Fsp3) is 0.579. The van der Waals surface area contributed by atoms with Gasteiger partial charge < -0.3 is 15.1 Å². The van der Waals surface area contributed by atoms with Crippen molar-refractivity contribution in [1.82, 2.24) is 20.1 Å². The summed E-state index contributed by atoms with van der Waals surface area (Å²) >= 11 is 0. The van der Waals surface area contributed by atoms with Gasteiger partial charge in [0.05, 0.1) is 0 Å². The molecular formula is C19H28N4O. The molecular weight excluding hydrogens is 300 g/mol. The van der Waals surface area contributed by atoms with Crippen molar-refractivity contribution in [2.45, 2.75) is 38.3 Å². The smallest absolute Gasteiger partial charge is 0.317 e. The van der Waals surface area contributed by atoms with Crippen molar-refractivity contribution in [3.63, 3.8) is 0 Å². The molecule has 0 radical (unpaired) electrons. The summed E-state index contributed by atoms with van der Waals surface area (Å²) in [5, 5.41) is 3.15. The van der Waals surface area contributed by atoms with Crippen molar-refractivity contribution in [3.05, 3.63) is 42.2 Å². The molecule has 0 aromatic carbocycles. The van der Waals surface area contributed by atoms with Gasteiger partial charge in [0.1, 0.15) is 0 Å². The molecule has 3 rings (SSSR count). The predicted octanol–water partition coefficient (Wildman–Crippen LogP) is 2.65. The second-order valence-electron chi connectivity index (χ2n) is 7.07. The summed E-state index contributed by atoms with van der Waals surface area (Å²) in [6.07, 6.45) is 12.5. The van der Waals surface area contributed by atoms with Gasteiger partial charge >= 0.3 is 6.03 Å². The first-order valence-electron chi connectivity index (χ1n) is 9.00. The molecule has 2 amide bonds. The highest BCUT2D eigenvalue weighted by Gasteiger charge is 2.27. The Morgan fingerprint density at radius 2 is 2.38 bits per heavy atom. The lowest BCUT2D eigenvalue weighted by molar-refractivity contribution is 0.201. The largest absolute Gasteiger partial charge is 0.332 e. The minimum absolute atomic E-state index is 0.101. The molecule has 1 aliphatic carbocycles. The number of aromatic nitrogens is 1. The number of hydrogen-bond acceptors (Lipinski definition) is 3. The number of urea groups is 1. The zero-order valence-corrected chi connectivity index (χ0v) is 14.5. The molecule has 0 bridgehead atoms. The standard InChI is InChI=1S/C19H28N4O/c1-22(13-16-6-5-10-20-12-16)14-17-9-11-23(15-17)19(24)21-18-7-3-2-4-8-18/h3,5-7,10,12,17-18H,2,4,8-9,11,13-15H2,1H3,(H,21,24)/t17-,18+/m0/s1. The summed E-state index contributed by atoms with van der Waals surface area (Å²) in [6.45, 7) is 3.65. The van der Waals surface area contributed by atoms with Gasteiger partial charge in [-0.1, -0.05) is 18.2 Å². The van der Waals surface area contributed by atoms with Crippen LogP contribution in [0, 0.1) is 5.92 Å². The number of pyridine rings is 1. The third-order valence-corrected chi connectivity index (χ3v) is 4.88. The third kappa shape index (κ3) is 4.81. The number of carbonyl (C=O) groups excluding carboxylic acids is 1. The average molecular weight is 328 g/mol. The summed E-state index contributed by atoms with van der Waals surface area (Å²) in [4.78, 5) is 20.9. The number of carbonyl (C=O) groups is 1. The van der Waals surface area contributed by atoms with Crippen molar-refractivity contribution < 1.29 is 4.79 Å². The molecule has 1 aromatic rings. The van der Waals surface area contributed by atoms with Crippen molar-refractivity contribution in [3.8, 4) is 0 Å². The van der Waals surface area contributed by atoms with E-state index in [1.54, 1.807) is 6.20 Å². The second-order valence-corrected chi connectivity index (χ2v) is 7.07. The first kappa shape index (κ1) is 17.0. The normalized spacial score (nSPS) is 23.7. The lowest BCUT2D eigenvalue weighted by Crippen LogP contribution is -2.44. The van der Waals surface area contributed by atoms with Crippen LogP contribution in [-0.4, -0.2) is 53.5 Å². The first-order chi connectivity index (χ1) is 11.7. The molecule has 2 atom stereocenters. The summed E-state index contributed by atoms with van der Waals surface area (Å²) in [6, 6.07) is 4.41. The van der Waals surface area contributed by atoms with E-state index in [0.717, 1.165) is 45.4 Å². The summed E-state index contributed by atoms with van der Waals surface area (Å²) in [5.74, 6) is 0.555. The van der Waals surface area contributed by atoms with Crippen LogP contribution >= 0.6 is 0 Å². The number of nitrogens with zero attached hydrogens (tertiary/aromatic N) is 3. The lowest BCUT2D eigenvalue weighted by Gasteiger charge is -2.24. The summed E-state index contributed by atoms with van der Waals surface area (Å²) < 4.78 is 0. The summed E-state index contributed by atoms with van der Waals surface area (Å²) in [7, 11) is 2.14. The number of allylic oxidation sites excluding steroid dienone is 1. The van der Waals surface area contributed by atoms with E-state index >= 15 is 0 Å². The van der Waals surface area contributed by atoms with Crippen LogP contribution in [-0.2, 0) is 6.54 Å². The Bertz CT molecular complexity index is 560. The summed E-state index contributed by atoms with van der Waals surface area (Å²) in [5.41, 5.74) is 1.23. The SMILES string of the molecule is CN(Cc1cccnc1)C[C@@H]1CCN(C(=O)N[C@@H]2C=CCCC2)C1. The van der Waals surface area contributed by atoms with Gasteiger partial charge in [0.25, 0.3) is 0 Å². The Labute approximate surface area is 144 Å². The van der Waals surface area contributed by atoms with E-state index in [1.807, 2.05) is 17.2 Å². The van der Waals surface area contributed by atoms with E-state index in [0.29, 0.717) is 5.92 Å². The molecule has 2 heterocycles. The molecule has 1 saturated heterocycles. The van der Waals surface area contributed by atoms with Crippen LogP contribution in [0.5, 0.6) is 0 Å². The van der Waals surface area contributed by atoms with E-state index in [4.69, 9.17) is 0 Å². The van der Waals surface area contributed by atoms with Crippen LogP contribution in [0.15, 0.2) is 36.7 Å². The highest BCUT2D eigenvalue weighted by atomic mass is 16.2. The molecule has 130 valence electrons. The highest BCUT2D eigenvalue weighted by molar-refractivity contribution is 5.75. The van der Waals surface area contributed by atoms with Gasteiger partial charge in [-0.05, 0) is 50.3 Å². The number of hydrogen-bond donors (Lipinski definition) is 1. The Hall–Kier alpha value is -1.88. The van der Waals surface area contributed by atoms with Gasteiger partial charge in [0.2, 0.25) is 0 Å². The van der Waals surface area contributed by atoms with Gasteiger partial charge in [0.15, 0.2) is 0 Å². The monoisotopic (exact) mass is 328 g/mol. The minimum atomic E-state index is 0.101. The van der Waals surface area contributed by atoms with Crippen LogP contribution < -0.4 is 5.32 Å². The van der Waals surface area contributed by atoms with Gasteiger partial charge in [-0.2, -0.15) is 0 Å². The molecule has 1 fully saturated rings. The third-order valence-electron chi connectivity index (χ3n) is 4.88. The average Bonchev–Trinajstić information content (AvgIpc) is 3.05. The quantitative estimate of drug-likeness (QED) is 0.846. The number of nitrogens with one attached hydrogen (secondary N) is 1. The number of amides is 2. The van der Waals surface area contributed by atoms with Crippen LogP contribution in [0.1, 0.15) is 31.2 Å². The van der Waals surface area contributed by atoms with Crippen LogP contribution in [0.4, 0.5) is 4.79 Å². The minimum Gasteiger partial charge on any atom is -0.332 e. The molecule has 5 heteroatoms. The Morgan fingerprint density at radius 3 is 3.12 bits per heavy atom. The Kier molecular flexibility index (Phi) is 5.86. The van der Waals surface area contributed by atoms with E-state index in [-0.39, 0.29) is 12.1 Å². The molecule has 1 aromatic heterocycles. The molecule has 0 unspecified atom stereocenters.